The molecular formula is C14H18N2O4S. The van der Waals surface area contributed by atoms with Crippen molar-refractivity contribution in [1.82, 2.24) is 4.72 Å². The first-order valence-electron chi connectivity index (χ1n) is 6.41. The average molecular weight is 310 g/mol. The van der Waals surface area contributed by atoms with Gasteiger partial charge in [-0.15, -0.1) is 0 Å². The minimum absolute atomic E-state index is 0.0261. The van der Waals surface area contributed by atoms with Crippen molar-refractivity contribution in [2.75, 3.05) is 7.11 Å². The van der Waals surface area contributed by atoms with Gasteiger partial charge in [0.05, 0.1) is 17.6 Å². The number of benzene rings is 1. The van der Waals surface area contributed by atoms with E-state index in [9.17, 15) is 13.2 Å². The number of carbonyl (C=O) groups excluding carboxylic acids is 1. The van der Waals surface area contributed by atoms with Crippen molar-refractivity contribution in [3.8, 4) is 6.07 Å². The number of methoxy groups -OCH3 is 1. The normalized spacial score (nSPS) is 12.7. The second-order valence-corrected chi connectivity index (χ2v) is 6.62. The molecule has 1 unspecified atom stereocenters. The fourth-order valence-electron chi connectivity index (χ4n) is 1.85. The third-order valence-electron chi connectivity index (χ3n) is 2.79. The van der Waals surface area contributed by atoms with Gasteiger partial charge in [-0.05, 0) is 24.5 Å². The summed E-state index contributed by atoms with van der Waals surface area (Å²) in [6.45, 7) is 3.74. The van der Waals surface area contributed by atoms with E-state index in [2.05, 4.69) is 9.46 Å². The SMILES string of the molecule is COC(=O)C(CC(C)C)NS(=O)(=O)c1ccccc1C#N. The molecule has 21 heavy (non-hydrogen) atoms. The van der Waals surface area contributed by atoms with Crippen LogP contribution in [0.5, 0.6) is 0 Å². The molecule has 0 fully saturated rings. The van der Waals surface area contributed by atoms with Gasteiger partial charge in [-0.25, -0.2) is 8.42 Å². The molecule has 0 radical (unpaired) electrons. The first-order valence-corrected chi connectivity index (χ1v) is 7.89. The Balaban J connectivity index is 3.12. The third kappa shape index (κ3) is 4.55. The van der Waals surface area contributed by atoms with Crippen LogP contribution in [0.4, 0.5) is 0 Å². The van der Waals surface area contributed by atoms with E-state index >= 15 is 0 Å². The summed E-state index contributed by atoms with van der Waals surface area (Å²) < 4.78 is 31.6. The molecule has 0 aromatic heterocycles. The van der Waals surface area contributed by atoms with Gasteiger partial charge in [0, 0.05) is 0 Å². The molecule has 6 nitrogen and oxygen atoms in total. The van der Waals surface area contributed by atoms with Crippen LogP contribution in [0.1, 0.15) is 25.8 Å². The molecule has 0 aliphatic rings. The summed E-state index contributed by atoms with van der Waals surface area (Å²) in [5, 5.41) is 8.98. The number of rotatable bonds is 6. The van der Waals surface area contributed by atoms with E-state index in [1.54, 1.807) is 6.07 Å². The second kappa shape index (κ2) is 7.20. The zero-order valence-electron chi connectivity index (χ0n) is 12.2. The highest BCUT2D eigenvalue weighted by Gasteiger charge is 2.28. The van der Waals surface area contributed by atoms with Gasteiger partial charge >= 0.3 is 5.97 Å². The number of nitrogens with zero attached hydrogens (tertiary/aromatic N) is 1. The molecule has 0 aliphatic heterocycles. The summed E-state index contributed by atoms with van der Waals surface area (Å²) in [5.74, 6) is -0.551. The van der Waals surface area contributed by atoms with Crippen molar-refractivity contribution in [1.29, 1.82) is 5.26 Å². The zero-order chi connectivity index (χ0) is 16.0. The van der Waals surface area contributed by atoms with Gasteiger partial charge in [0.2, 0.25) is 10.0 Å². The number of nitriles is 1. The van der Waals surface area contributed by atoms with Gasteiger partial charge in [0.15, 0.2) is 0 Å². The average Bonchev–Trinajstić information content (AvgIpc) is 2.44. The number of sulfonamides is 1. The molecule has 7 heteroatoms. The highest BCUT2D eigenvalue weighted by molar-refractivity contribution is 7.89. The van der Waals surface area contributed by atoms with E-state index in [0.717, 1.165) is 0 Å². The highest BCUT2D eigenvalue weighted by Crippen LogP contribution is 2.16. The Hall–Kier alpha value is -1.91. The summed E-state index contributed by atoms with van der Waals surface area (Å²) in [5.41, 5.74) is 0.0261. The van der Waals surface area contributed by atoms with Crippen molar-refractivity contribution < 1.29 is 17.9 Å². The standard InChI is InChI=1S/C14H18N2O4S/c1-10(2)8-12(14(17)20-3)16-21(18,19)13-7-5-4-6-11(13)9-15/h4-7,10,12,16H,8H2,1-3H3. The Labute approximate surface area is 124 Å². The van der Waals surface area contributed by atoms with Gasteiger partial charge < -0.3 is 4.74 Å². The quantitative estimate of drug-likeness (QED) is 0.802. The lowest BCUT2D eigenvalue weighted by Crippen LogP contribution is -2.42. The molecule has 0 amide bonds. The molecule has 0 bridgehead atoms. The van der Waals surface area contributed by atoms with E-state index in [-0.39, 0.29) is 16.4 Å². The lowest BCUT2D eigenvalue weighted by Gasteiger charge is -2.18. The first kappa shape index (κ1) is 17.1. The van der Waals surface area contributed by atoms with Crippen molar-refractivity contribution in [2.24, 2.45) is 5.92 Å². The Kier molecular flexibility index (Phi) is 5.88. The molecule has 1 aromatic carbocycles. The predicted octanol–water partition coefficient (Wildman–Crippen LogP) is 1.42. The van der Waals surface area contributed by atoms with Crippen LogP contribution < -0.4 is 4.72 Å². The van der Waals surface area contributed by atoms with Crippen LogP contribution >= 0.6 is 0 Å². The lowest BCUT2D eigenvalue weighted by molar-refractivity contribution is -0.143. The minimum atomic E-state index is -3.98. The third-order valence-corrected chi connectivity index (χ3v) is 4.32. The van der Waals surface area contributed by atoms with E-state index in [4.69, 9.17) is 5.26 Å². The molecule has 0 saturated carbocycles. The van der Waals surface area contributed by atoms with Gasteiger partial charge in [-0.2, -0.15) is 9.98 Å². The number of hydrogen-bond donors (Lipinski definition) is 1. The van der Waals surface area contributed by atoms with Crippen LogP contribution in [0.3, 0.4) is 0 Å². The summed E-state index contributed by atoms with van der Waals surface area (Å²) in [6, 6.07) is 6.67. The van der Waals surface area contributed by atoms with Crippen LogP contribution in [0.15, 0.2) is 29.2 Å². The summed E-state index contributed by atoms with van der Waals surface area (Å²) in [6.07, 6.45) is 0.306. The van der Waals surface area contributed by atoms with Crippen LogP contribution in [0.25, 0.3) is 0 Å². The zero-order valence-corrected chi connectivity index (χ0v) is 13.0. The summed E-state index contributed by atoms with van der Waals surface area (Å²) in [4.78, 5) is 11.5. The Morgan fingerprint density at radius 1 is 1.38 bits per heavy atom. The molecule has 1 rings (SSSR count). The van der Waals surface area contributed by atoms with Gasteiger partial charge in [-0.3, -0.25) is 4.79 Å². The Morgan fingerprint density at radius 2 is 2.00 bits per heavy atom. The monoisotopic (exact) mass is 310 g/mol. The van der Waals surface area contributed by atoms with Crippen LogP contribution in [0, 0.1) is 17.2 Å². The predicted molar refractivity (Wildman–Crippen MR) is 76.7 cm³/mol. The summed E-state index contributed by atoms with van der Waals surface area (Å²) in [7, 11) is -2.77. The maximum Gasteiger partial charge on any atom is 0.323 e. The molecule has 1 atom stereocenters. The molecule has 0 heterocycles. The van der Waals surface area contributed by atoms with Crippen molar-refractivity contribution in [2.45, 2.75) is 31.2 Å². The molecule has 0 aliphatic carbocycles. The fourth-order valence-corrected chi connectivity index (χ4v) is 3.21. The molecule has 114 valence electrons. The van der Waals surface area contributed by atoms with E-state index in [0.29, 0.717) is 6.42 Å². The lowest BCUT2D eigenvalue weighted by atomic mass is 10.1. The minimum Gasteiger partial charge on any atom is -0.468 e. The Bertz CT molecular complexity index is 647. The molecule has 0 spiro atoms. The molecule has 1 aromatic rings. The largest absolute Gasteiger partial charge is 0.468 e. The van der Waals surface area contributed by atoms with Crippen molar-refractivity contribution in [3.05, 3.63) is 29.8 Å². The van der Waals surface area contributed by atoms with E-state index in [1.807, 2.05) is 19.9 Å². The molecular weight excluding hydrogens is 292 g/mol. The topological polar surface area (TPSA) is 96.3 Å². The number of nitrogens with one attached hydrogen (secondary N) is 1. The smallest absolute Gasteiger partial charge is 0.323 e. The number of carbonyl (C=O) groups is 1. The van der Waals surface area contributed by atoms with Crippen LogP contribution in [0.2, 0.25) is 0 Å². The van der Waals surface area contributed by atoms with Crippen LogP contribution in [-0.4, -0.2) is 27.5 Å². The Morgan fingerprint density at radius 3 is 2.52 bits per heavy atom. The molecule has 0 saturated heterocycles. The van der Waals surface area contributed by atoms with Crippen molar-refractivity contribution in [3.63, 3.8) is 0 Å². The number of ether oxygens (including phenoxy) is 1. The fraction of sp³-hybridized carbons (Fsp3) is 0.429. The van der Waals surface area contributed by atoms with Gasteiger partial charge in [-0.1, -0.05) is 26.0 Å². The van der Waals surface area contributed by atoms with Crippen molar-refractivity contribution >= 4 is 16.0 Å². The van der Waals surface area contributed by atoms with E-state index in [1.165, 1.54) is 25.3 Å². The second-order valence-electron chi connectivity index (χ2n) is 4.93. The van der Waals surface area contributed by atoms with Crippen LogP contribution in [-0.2, 0) is 19.6 Å². The summed E-state index contributed by atoms with van der Waals surface area (Å²) >= 11 is 0. The number of hydrogen-bond acceptors (Lipinski definition) is 5. The first-order chi connectivity index (χ1) is 9.81. The van der Waals surface area contributed by atoms with Gasteiger partial charge in [0.1, 0.15) is 12.1 Å². The highest BCUT2D eigenvalue weighted by atomic mass is 32.2. The molecule has 1 N–H and O–H groups in total. The van der Waals surface area contributed by atoms with Gasteiger partial charge in [0.25, 0.3) is 0 Å². The maximum absolute atomic E-state index is 12.4. The van der Waals surface area contributed by atoms with E-state index < -0.39 is 22.0 Å². The maximum atomic E-state index is 12.4. The number of esters is 1.